The Morgan fingerprint density at radius 3 is 2.50 bits per heavy atom. The van der Waals surface area contributed by atoms with Crippen molar-refractivity contribution in [2.24, 2.45) is 5.73 Å². The number of amides is 1. The maximum atomic E-state index is 11.8. The van der Waals surface area contributed by atoms with E-state index in [2.05, 4.69) is 31.3 Å². The van der Waals surface area contributed by atoms with E-state index in [1.54, 1.807) is 0 Å². The third-order valence-electron chi connectivity index (χ3n) is 3.06. The largest absolute Gasteiger partial charge is 0.350 e. The molecule has 1 aromatic carbocycles. The first-order valence-corrected chi connectivity index (χ1v) is 6.64. The smallest absolute Gasteiger partial charge is 0.222 e. The third kappa shape index (κ3) is 4.88. The quantitative estimate of drug-likeness (QED) is 0.813. The van der Waals surface area contributed by atoms with E-state index in [0.29, 0.717) is 6.42 Å². The van der Waals surface area contributed by atoms with Crippen LogP contribution >= 0.6 is 0 Å². The topological polar surface area (TPSA) is 55.1 Å². The van der Waals surface area contributed by atoms with E-state index in [9.17, 15) is 4.79 Å². The number of rotatable bonds is 6. The van der Waals surface area contributed by atoms with E-state index in [4.69, 9.17) is 5.73 Å². The summed E-state index contributed by atoms with van der Waals surface area (Å²) in [6, 6.07) is 8.22. The standard InChI is InChI=1S/C15H24N2O/c1-4-5-14(16)10-15(18)17-12(3)13-8-6-11(2)7-9-13/h6-9,12,14H,4-5,10,16H2,1-3H3,(H,17,18). The van der Waals surface area contributed by atoms with E-state index in [1.807, 2.05) is 19.1 Å². The van der Waals surface area contributed by atoms with Crippen molar-refractivity contribution in [2.45, 2.75) is 52.1 Å². The van der Waals surface area contributed by atoms with Crippen LogP contribution in [0.2, 0.25) is 0 Å². The summed E-state index contributed by atoms with van der Waals surface area (Å²) >= 11 is 0. The Balaban J connectivity index is 2.46. The number of nitrogens with one attached hydrogen (secondary N) is 1. The van der Waals surface area contributed by atoms with Gasteiger partial charge in [0, 0.05) is 12.5 Å². The minimum atomic E-state index is -0.0276. The highest BCUT2D eigenvalue weighted by molar-refractivity contribution is 5.77. The Hall–Kier alpha value is -1.35. The number of nitrogens with two attached hydrogens (primary N) is 1. The molecule has 0 aromatic heterocycles. The summed E-state index contributed by atoms with van der Waals surface area (Å²) < 4.78 is 0. The Labute approximate surface area is 110 Å². The molecule has 0 saturated heterocycles. The number of hydrogen-bond donors (Lipinski definition) is 2. The maximum Gasteiger partial charge on any atom is 0.222 e. The van der Waals surface area contributed by atoms with Gasteiger partial charge < -0.3 is 11.1 Å². The SMILES string of the molecule is CCCC(N)CC(=O)NC(C)c1ccc(C)cc1. The Morgan fingerprint density at radius 1 is 1.33 bits per heavy atom. The second kappa shape index (κ2) is 7.17. The molecule has 0 aliphatic heterocycles. The summed E-state index contributed by atoms with van der Waals surface area (Å²) in [7, 11) is 0. The highest BCUT2D eigenvalue weighted by atomic mass is 16.1. The van der Waals surface area contributed by atoms with E-state index in [0.717, 1.165) is 18.4 Å². The van der Waals surface area contributed by atoms with E-state index in [-0.39, 0.29) is 18.0 Å². The summed E-state index contributed by atoms with van der Waals surface area (Å²) in [4.78, 5) is 11.8. The van der Waals surface area contributed by atoms with Gasteiger partial charge in [-0.3, -0.25) is 4.79 Å². The van der Waals surface area contributed by atoms with Crippen LogP contribution in [0.15, 0.2) is 24.3 Å². The highest BCUT2D eigenvalue weighted by Gasteiger charge is 2.12. The molecule has 0 heterocycles. The average Bonchev–Trinajstić information content (AvgIpc) is 2.29. The molecule has 3 heteroatoms. The first-order valence-electron chi connectivity index (χ1n) is 6.64. The van der Waals surface area contributed by atoms with E-state index in [1.165, 1.54) is 5.56 Å². The van der Waals surface area contributed by atoms with Crippen LogP contribution in [-0.2, 0) is 4.79 Å². The van der Waals surface area contributed by atoms with Gasteiger partial charge in [-0.2, -0.15) is 0 Å². The van der Waals surface area contributed by atoms with Crippen molar-refractivity contribution in [3.8, 4) is 0 Å². The Morgan fingerprint density at radius 2 is 1.94 bits per heavy atom. The molecular weight excluding hydrogens is 224 g/mol. The molecular formula is C15H24N2O. The summed E-state index contributed by atoms with van der Waals surface area (Å²) in [5, 5.41) is 2.99. The minimum Gasteiger partial charge on any atom is -0.350 e. The molecule has 0 spiro atoms. The number of aryl methyl sites for hydroxylation is 1. The number of carbonyl (C=O) groups is 1. The second-order valence-electron chi connectivity index (χ2n) is 4.95. The first-order chi connectivity index (χ1) is 8.52. The number of hydrogen-bond acceptors (Lipinski definition) is 2. The lowest BCUT2D eigenvalue weighted by atomic mass is 10.1. The van der Waals surface area contributed by atoms with Gasteiger partial charge in [-0.05, 0) is 25.8 Å². The molecule has 0 saturated carbocycles. The van der Waals surface area contributed by atoms with Crippen LogP contribution in [0.3, 0.4) is 0 Å². The van der Waals surface area contributed by atoms with Gasteiger partial charge in [-0.1, -0.05) is 43.2 Å². The third-order valence-corrected chi connectivity index (χ3v) is 3.06. The fraction of sp³-hybridized carbons (Fsp3) is 0.533. The zero-order valence-corrected chi connectivity index (χ0v) is 11.6. The molecule has 100 valence electrons. The fourth-order valence-corrected chi connectivity index (χ4v) is 1.95. The van der Waals surface area contributed by atoms with Crippen molar-refractivity contribution in [1.82, 2.24) is 5.32 Å². The molecule has 0 aliphatic carbocycles. The van der Waals surface area contributed by atoms with E-state index >= 15 is 0 Å². The normalized spacial score (nSPS) is 14.0. The number of benzene rings is 1. The lowest BCUT2D eigenvalue weighted by molar-refractivity contribution is -0.122. The van der Waals surface area contributed by atoms with Gasteiger partial charge in [-0.15, -0.1) is 0 Å². The molecule has 1 amide bonds. The Kier molecular flexibility index (Phi) is 5.86. The van der Waals surface area contributed by atoms with Crippen LogP contribution in [0.1, 0.15) is 50.3 Å². The lowest BCUT2D eigenvalue weighted by Gasteiger charge is -2.16. The minimum absolute atomic E-state index is 0.0276. The van der Waals surface area contributed by atoms with E-state index < -0.39 is 0 Å². The Bertz CT molecular complexity index is 373. The van der Waals surface area contributed by atoms with Crippen molar-refractivity contribution in [3.05, 3.63) is 35.4 Å². The van der Waals surface area contributed by atoms with Crippen LogP contribution < -0.4 is 11.1 Å². The second-order valence-corrected chi connectivity index (χ2v) is 4.95. The van der Waals surface area contributed by atoms with Crippen LogP contribution in [-0.4, -0.2) is 11.9 Å². The highest BCUT2D eigenvalue weighted by Crippen LogP contribution is 2.13. The first kappa shape index (κ1) is 14.7. The van der Waals surface area contributed by atoms with Crippen molar-refractivity contribution in [2.75, 3.05) is 0 Å². The van der Waals surface area contributed by atoms with Gasteiger partial charge in [0.05, 0.1) is 6.04 Å². The van der Waals surface area contributed by atoms with Gasteiger partial charge in [0.1, 0.15) is 0 Å². The fourth-order valence-electron chi connectivity index (χ4n) is 1.95. The van der Waals surface area contributed by atoms with Gasteiger partial charge in [0.2, 0.25) is 5.91 Å². The zero-order valence-electron chi connectivity index (χ0n) is 11.6. The van der Waals surface area contributed by atoms with Gasteiger partial charge in [0.25, 0.3) is 0 Å². The maximum absolute atomic E-state index is 11.8. The molecule has 0 bridgehead atoms. The van der Waals surface area contributed by atoms with Crippen LogP contribution in [0, 0.1) is 6.92 Å². The van der Waals surface area contributed by atoms with Crippen molar-refractivity contribution in [1.29, 1.82) is 0 Å². The van der Waals surface area contributed by atoms with Crippen LogP contribution in [0.25, 0.3) is 0 Å². The molecule has 0 radical (unpaired) electrons. The molecule has 1 rings (SSSR count). The molecule has 3 nitrogen and oxygen atoms in total. The molecule has 1 aromatic rings. The molecule has 0 aliphatic rings. The van der Waals surface area contributed by atoms with Gasteiger partial charge in [0.15, 0.2) is 0 Å². The van der Waals surface area contributed by atoms with Crippen LogP contribution in [0.4, 0.5) is 0 Å². The summed E-state index contributed by atoms with van der Waals surface area (Å²) in [5.74, 6) is 0.0315. The predicted molar refractivity (Wildman–Crippen MR) is 75.2 cm³/mol. The van der Waals surface area contributed by atoms with Crippen molar-refractivity contribution < 1.29 is 4.79 Å². The molecule has 3 N–H and O–H groups in total. The van der Waals surface area contributed by atoms with Crippen molar-refractivity contribution >= 4 is 5.91 Å². The molecule has 2 atom stereocenters. The van der Waals surface area contributed by atoms with Gasteiger partial charge >= 0.3 is 0 Å². The molecule has 2 unspecified atom stereocenters. The average molecular weight is 248 g/mol. The summed E-state index contributed by atoms with van der Waals surface area (Å²) in [6.07, 6.45) is 2.32. The number of carbonyl (C=O) groups excluding carboxylic acids is 1. The van der Waals surface area contributed by atoms with Crippen molar-refractivity contribution in [3.63, 3.8) is 0 Å². The monoisotopic (exact) mass is 248 g/mol. The lowest BCUT2D eigenvalue weighted by Crippen LogP contribution is -2.33. The molecule has 0 fully saturated rings. The summed E-state index contributed by atoms with van der Waals surface area (Å²) in [5.41, 5.74) is 8.21. The molecule has 18 heavy (non-hydrogen) atoms. The summed E-state index contributed by atoms with van der Waals surface area (Å²) in [6.45, 7) is 6.12. The zero-order chi connectivity index (χ0) is 13.5. The van der Waals surface area contributed by atoms with Crippen LogP contribution in [0.5, 0.6) is 0 Å². The predicted octanol–water partition coefficient (Wildman–Crippen LogP) is 2.69. The van der Waals surface area contributed by atoms with Gasteiger partial charge in [-0.25, -0.2) is 0 Å².